The second-order valence-electron chi connectivity index (χ2n) is 12.9. The fourth-order valence-corrected chi connectivity index (χ4v) is 10.8. The third-order valence-electron chi connectivity index (χ3n) is 10.8. The van der Waals surface area contributed by atoms with Crippen molar-refractivity contribution in [2.75, 3.05) is 0 Å². The van der Waals surface area contributed by atoms with Gasteiger partial charge in [-0.2, -0.15) is 0 Å². The van der Waals surface area contributed by atoms with Crippen LogP contribution in [0.4, 0.5) is 0 Å². The molecule has 0 amide bonds. The van der Waals surface area contributed by atoms with Gasteiger partial charge < -0.3 is 19.8 Å². The fraction of sp³-hybridized carbons (Fsp3) is 0.714. The Bertz CT molecular complexity index is 950. The molecule has 4 heteroatoms. The molecule has 170 valence electrons. The minimum Gasteiger partial charge on any atom is -0.545 e. The van der Waals surface area contributed by atoms with Gasteiger partial charge in [-0.1, -0.05) is 12.1 Å². The number of hydrogen-bond donors (Lipinski definition) is 0. The van der Waals surface area contributed by atoms with Crippen LogP contribution < -0.4 is 10.2 Å². The first-order chi connectivity index (χ1) is 15.3. The molecule has 0 radical (unpaired) electrons. The minimum atomic E-state index is -1.23. The van der Waals surface area contributed by atoms with Crippen LogP contribution in [-0.2, 0) is 10.8 Å². The zero-order valence-electron chi connectivity index (χ0n) is 18.7. The third kappa shape index (κ3) is 2.61. The van der Waals surface area contributed by atoms with E-state index in [-0.39, 0.29) is 22.0 Å². The van der Waals surface area contributed by atoms with E-state index in [0.717, 1.165) is 44.1 Å². The topological polar surface area (TPSA) is 80.3 Å². The first-order valence-corrected chi connectivity index (χ1v) is 12.9. The first-order valence-electron chi connectivity index (χ1n) is 12.9. The zero-order chi connectivity index (χ0) is 21.8. The molecule has 1 aromatic carbocycles. The van der Waals surface area contributed by atoms with Crippen molar-refractivity contribution in [1.29, 1.82) is 0 Å². The number of aromatic carboxylic acids is 2. The summed E-state index contributed by atoms with van der Waals surface area (Å²) in [7, 11) is 0. The molecule has 0 N–H and O–H groups in total. The number of carbonyl (C=O) groups excluding carboxylic acids is 2. The molecule has 1 aromatic rings. The van der Waals surface area contributed by atoms with Crippen LogP contribution in [0.3, 0.4) is 0 Å². The van der Waals surface area contributed by atoms with Gasteiger partial charge in [0.2, 0.25) is 0 Å². The van der Waals surface area contributed by atoms with Gasteiger partial charge in [-0.05, 0) is 135 Å². The summed E-state index contributed by atoms with van der Waals surface area (Å²) in [6.07, 6.45) is 13.5. The molecule has 0 saturated heterocycles. The van der Waals surface area contributed by atoms with E-state index in [4.69, 9.17) is 0 Å². The highest BCUT2D eigenvalue weighted by Gasteiger charge is 2.56. The standard InChI is InChI=1S/C28H34O4/c29-25(30)21-1-2-22(27-9-15-3-16(10-27)5-17(4-15)11-27)23(26(31)32)24(21)28-12-18-6-19(13-28)8-20(7-18)14-28/h1-2,15-20H,3-14H2,(H,29,30)(H,31,32)/p-2. The molecule has 4 nitrogen and oxygen atoms in total. The van der Waals surface area contributed by atoms with E-state index >= 15 is 0 Å². The van der Waals surface area contributed by atoms with Crippen molar-refractivity contribution in [2.45, 2.75) is 87.9 Å². The van der Waals surface area contributed by atoms with Crippen LogP contribution >= 0.6 is 0 Å². The number of rotatable bonds is 4. The number of hydrogen-bond acceptors (Lipinski definition) is 4. The summed E-state index contributed by atoms with van der Waals surface area (Å²) in [5.74, 6) is 1.51. The summed E-state index contributed by atoms with van der Waals surface area (Å²) < 4.78 is 0. The second kappa shape index (κ2) is 6.39. The summed E-state index contributed by atoms with van der Waals surface area (Å²) in [6, 6.07) is 3.57. The Kier molecular flexibility index (Phi) is 3.92. The van der Waals surface area contributed by atoms with Gasteiger partial charge in [-0.3, -0.25) is 0 Å². The van der Waals surface area contributed by atoms with Gasteiger partial charge in [0.1, 0.15) is 0 Å². The van der Waals surface area contributed by atoms with Crippen LogP contribution in [0.15, 0.2) is 12.1 Å². The molecule has 8 aliphatic rings. The maximum absolute atomic E-state index is 12.9. The van der Waals surface area contributed by atoms with Crippen molar-refractivity contribution in [2.24, 2.45) is 35.5 Å². The minimum absolute atomic E-state index is 0.105. The largest absolute Gasteiger partial charge is 0.545 e. The van der Waals surface area contributed by atoms with Crippen LogP contribution in [0.2, 0.25) is 0 Å². The van der Waals surface area contributed by atoms with Gasteiger partial charge in [-0.15, -0.1) is 0 Å². The van der Waals surface area contributed by atoms with Gasteiger partial charge >= 0.3 is 0 Å². The van der Waals surface area contributed by atoms with E-state index in [2.05, 4.69) is 0 Å². The highest BCUT2D eigenvalue weighted by molar-refractivity contribution is 5.97. The normalized spacial score (nSPS) is 45.4. The van der Waals surface area contributed by atoms with Crippen LogP contribution in [0, 0.1) is 35.5 Å². The number of carbonyl (C=O) groups is 2. The summed E-state index contributed by atoms with van der Waals surface area (Å²) >= 11 is 0. The summed E-state index contributed by atoms with van der Waals surface area (Å²) in [4.78, 5) is 25.2. The van der Waals surface area contributed by atoms with Crippen molar-refractivity contribution < 1.29 is 19.8 Å². The smallest absolute Gasteiger partial charge is 0.0721 e. The lowest BCUT2D eigenvalue weighted by atomic mass is 9.45. The molecule has 8 fully saturated rings. The lowest BCUT2D eigenvalue weighted by Gasteiger charge is -2.59. The van der Waals surface area contributed by atoms with Crippen LogP contribution in [0.1, 0.15) is 109 Å². The van der Waals surface area contributed by atoms with Gasteiger partial charge in [0.15, 0.2) is 0 Å². The molecule has 0 aliphatic heterocycles. The Hall–Kier alpha value is -1.84. The van der Waals surface area contributed by atoms with Crippen molar-refractivity contribution in [1.82, 2.24) is 0 Å². The molecule has 32 heavy (non-hydrogen) atoms. The van der Waals surface area contributed by atoms with Crippen LogP contribution in [0.5, 0.6) is 0 Å². The average Bonchev–Trinajstić information content (AvgIpc) is 2.70. The van der Waals surface area contributed by atoms with E-state index in [9.17, 15) is 19.8 Å². The van der Waals surface area contributed by atoms with Crippen LogP contribution in [-0.4, -0.2) is 11.9 Å². The monoisotopic (exact) mass is 432 g/mol. The molecule has 0 aromatic heterocycles. The van der Waals surface area contributed by atoms with E-state index in [1.54, 1.807) is 6.07 Å². The highest BCUT2D eigenvalue weighted by Crippen LogP contribution is 2.64. The highest BCUT2D eigenvalue weighted by atomic mass is 16.4. The fourth-order valence-electron chi connectivity index (χ4n) is 10.8. The quantitative estimate of drug-likeness (QED) is 0.731. The molecule has 0 spiro atoms. The van der Waals surface area contributed by atoms with E-state index < -0.39 is 11.9 Å². The molecule has 9 rings (SSSR count). The van der Waals surface area contributed by atoms with Crippen molar-refractivity contribution in [3.63, 3.8) is 0 Å². The summed E-state index contributed by atoms with van der Waals surface area (Å²) in [6.45, 7) is 0. The number of benzene rings is 1. The number of carboxylic acid groups (broad SMARTS) is 2. The lowest BCUT2D eigenvalue weighted by molar-refractivity contribution is -0.255. The first kappa shape index (κ1) is 19.6. The predicted octanol–water partition coefficient (Wildman–Crippen LogP) is 3.35. The summed E-state index contributed by atoms with van der Waals surface area (Å²) in [5.41, 5.74) is 1.47. The molecule has 0 atom stereocenters. The Labute approximate surface area is 189 Å². The van der Waals surface area contributed by atoms with Crippen LogP contribution in [0.25, 0.3) is 0 Å². The van der Waals surface area contributed by atoms with Gasteiger partial charge in [0.25, 0.3) is 0 Å². The Morgan fingerprint density at radius 1 is 0.625 bits per heavy atom. The molecular weight excluding hydrogens is 400 g/mol. The third-order valence-corrected chi connectivity index (χ3v) is 10.8. The number of carboxylic acids is 2. The molecule has 8 saturated carbocycles. The molecule has 0 unspecified atom stereocenters. The van der Waals surface area contributed by atoms with Crippen molar-refractivity contribution in [3.05, 3.63) is 34.4 Å². The van der Waals surface area contributed by atoms with E-state index in [0.29, 0.717) is 41.1 Å². The van der Waals surface area contributed by atoms with Gasteiger partial charge in [-0.25, -0.2) is 0 Å². The molecule has 8 bridgehead atoms. The molecular formula is C28H32O4-2. The second-order valence-corrected chi connectivity index (χ2v) is 12.9. The Morgan fingerprint density at radius 2 is 1.03 bits per heavy atom. The lowest BCUT2D eigenvalue weighted by Crippen LogP contribution is -2.52. The van der Waals surface area contributed by atoms with Gasteiger partial charge in [0, 0.05) is 11.1 Å². The predicted molar refractivity (Wildman–Crippen MR) is 115 cm³/mol. The zero-order valence-corrected chi connectivity index (χ0v) is 18.7. The van der Waals surface area contributed by atoms with E-state index in [1.807, 2.05) is 6.07 Å². The van der Waals surface area contributed by atoms with Gasteiger partial charge in [0.05, 0.1) is 11.9 Å². The van der Waals surface area contributed by atoms with E-state index in [1.165, 1.54) is 38.5 Å². The average molecular weight is 433 g/mol. The maximum Gasteiger partial charge on any atom is 0.0721 e. The van der Waals surface area contributed by atoms with Crippen molar-refractivity contribution in [3.8, 4) is 0 Å². The SMILES string of the molecule is O=C([O-])c1ccc(C23CC4CC(CC(C4)C2)C3)c(C(=O)[O-])c1C12CC3CC(CC(C3)C1)C2. The Balaban J connectivity index is 1.45. The maximum atomic E-state index is 12.9. The molecule has 0 heterocycles. The summed E-state index contributed by atoms with van der Waals surface area (Å²) in [5, 5.41) is 25.2. The Morgan fingerprint density at radius 3 is 1.41 bits per heavy atom. The van der Waals surface area contributed by atoms with Crippen molar-refractivity contribution >= 4 is 11.9 Å². The molecule has 8 aliphatic carbocycles.